The van der Waals surface area contributed by atoms with Gasteiger partial charge in [0.05, 0.1) is 17.6 Å². The van der Waals surface area contributed by atoms with Crippen molar-refractivity contribution >= 4 is 23.5 Å². The lowest BCUT2D eigenvalue weighted by molar-refractivity contribution is -0.136. The summed E-state index contributed by atoms with van der Waals surface area (Å²) >= 11 is 0. The minimum Gasteiger partial charge on any atom is -0.370 e. The van der Waals surface area contributed by atoms with Gasteiger partial charge < -0.3 is 27.8 Å². The molecular weight excluding hydrogens is 308 g/mol. The Morgan fingerprint density at radius 2 is 1.88 bits per heavy atom. The number of aliphatic imine (C=N–C) groups is 1. The zero-order chi connectivity index (χ0) is 17.7. The number of hydrogen-bond acceptors (Lipinski definition) is 4. The minimum atomic E-state index is -0.662. The van der Waals surface area contributed by atoms with Crippen molar-refractivity contribution in [3.05, 3.63) is 29.8 Å². The molecule has 0 saturated carbocycles. The molecule has 2 rings (SSSR count). The van der Waals surface area contributed by atoms with Crippen LogP contribution in [0, 0.1) is 5.92 Å². The van der Waals surface area contributed by atoms with Gasteiger partial charge in [0.15, 0.2) is 5.96 Å². The van der Waals surface area contributed by atoms with Gasteiger partial charge in [0.2, 0.25) is 11.8 Å². The summed E-state index contributed by atoms with van der Waals surface area (Å²) in [4.78, 5) is 29.4. The molecule has 1 aliphatic heterocycles. The first kappa shape index (κ1) is 17.7. The van der Waals surface area contributed by atoms with E-state index in [9.17, 15) is 9.59 Å². The van der Waals surface area contributed by atoms with Gasteiger partial charge in [-0.1, -0.05) is 12.1 Å². The van der Waals surface area contributed by atoms with Gasteiger partial charge in [-0.05, 0) is 37.0 Å². The summed E-state index contributed by atoms with van der Waals surface area (Å²) in [6, 6.07) is 6.52. The molecule has 0 unspecified atom stereocenters. The van der Waals surface area contributed by atoms with Gasteiger partial charge in [-0.3, -0.25) is 9.59 Å². The third-order valence-corrected chi connectivity index (χ3v) is 4.10. The van der Waals surface area contributed by atoms with E-state index in [1.165, 1.54) is 0 Å². The SMILES string of the molecule is NC(=O)[C@H]1CCCN(C(=O)[C@@H](N)Cc2ccc(N=C(N)N)cc2)C1. The molecule has 1 aromatic rings. The molecule has 0 spiro atoms. The Hall–Kier alpha value is -2.61. The van der Waals surface area contributed by atoms with E-state index in [1.807, 2.05) is 12.1 Å². The standard InChI is InChI=1S/C16H24N6O2/c17-13(8-10-3-5-12(6-4-10)21-16(19)20)15(24)22-7-1-2-11(9-22)14(18)23/h3-6,11,13H,1-2,7-9,17H2,(H2,18,23)(H4,19,20,21)/t11-,13-/m0/s1. The predicted octanol–water partition coefficient (Wildman–Crippen LogP) is -0.815. The van der Waals surface area contributed by atoms with Crippen LogP contribution in [0.5, 0.6) is 0 Å². The second-order valence-corrected chi connectivity index (χ2v) is 6.04. The van der Waals surface area contributed by atoms with E-state index in [-0.39, 0.29) is 23.7 Å². The summed E-state index contributed by atoms with van der Waals surface area (Å²) in [6.07, 6.45) is 1.89. The molecule has 0 aromatic heterocycles. The number of piperidine rings is 1. The average Bonchev–Trinajstić information content (AvgIpc) is 2.55. The Balaban J connectivity index is 1.96. The summed E-state index contributed by atoms with van der Waals surface area (Å²) in [5.41, 5.74) is 23.6. The molecule has 1 aromatic carbocycles. The molecule has 0 radical (unpaired) electrons. The molecule has 1 fully saturated rings. The highest BCUT2D eigenvalue weighted by atomic mass is 16.2. The van der Waals surface area contributed by atoms with Crippen molar-refractivity contribution in [2.24, 2.45) is 33.8 Å². The Kier molecular flexibility index (Phi) is 5.75. The lowest BCUT2D eigenvalue weighted by Gasteiger charge is -2.33. The maximum absolute atomic E-state index is 12.5. The Labute approximate surface area is 140 Å². The zero-order valence-electron chi connectivity index (χ0n) is 13.5. The van der Waals surface area contributed by atoms with Crippen LogP contribution in [0.25, 0.3) is 0 Å². The van der Waals surface area contributed by atoms with Crippen LogP contribution in [0.3, 0.4) is 0 Å². The number of benzene rings is 1. The normalized spacial score (nSPS) is 18.7. The van der Waals surface area contributed by atoms with Crippen LogP contribution in [-0.4, -0.2) is 41.8 Å². The highest BCUT2D eigenvalue weighted by Gasteiger charge is 2.29. The highest BCUT2D eigenvalue weighted by Crippen LogP contribution is 2.18. The number of amides is 2. The Bertz CT molecular complexity index is 624. The second-order valence-electron chi connectivity index (χ2n) is 6.04. The number of carbonyl (C=O) groups excluding carboxylic acids is 2. The van der Waals surface area contributed by atoms with E-state index in [4.69, 9.17) is 22.9 Å². The van der Waals surface area contributed by atoms with Crippen LogP contribution in [0.1, 0.15) is 18.4 Å². The maximum Gasteiger partial charge on any atom is 0.239 e. The number of nitrogens with two attached hydrogens (primary N) is 4. The summed E-state index contributed by atoms with van der Waals surface area (Å²) < 4.78 is 0. The van der Waals surface area contributed by atoms with Crippen molar-refractivity contribution in [2.45, 2.75) is 25.3 Å². The average molecular weight is 332 g/mol. The van der Waals surface area contributed by atoms with Crippen LogP contribution in [0.2, 0.25) is 0 Å². The van der Waals surface area contributed by atoms with Gasteiger partial charge in [0.25, 0.3) is 0 Å². The quantitative estimate of drug-likeness (QED) is 0.410. The van der Waals surface area contributed by atoms with Crippen molar-refractivity contribution in [3.8, 4) is 0 Å². The zero-order valence-corrected chi connectivity index (χ0v) is 13.5. The van der Waals surface area contributed by atoms with Gasteiger partial charge in [-0.25, -0.2) is 4.99 Å². The third kappa shape index (κ3) is 4.69. The monoisotopic (exact) mass is 332 g/mol. The van der Waals surface area contributed by atoms with Crippen LogP contribution in [0.4, 0.5) is 5.69 Å². The molecule has 1 aliphatic rings. The largest absolute Gasteiger partial charge is 0.370 e. The van der Waals surface area contributed by atoms with E-state index >= 15 is 0 Å². The smallest absolute Gasteiger partial charge is 0.239 e. The highest BCUT2D eigenvalue weighted by molar-refractivity contribution is 5.84. The molecule has 8 nitrogen and oxygen atoms in total. The Morgan fingerprint density at radius 1 is 1.21 bits per heavy atom. The fourth-order valence-electron chi connectivity index (χ4n) is 2.84. The Morgan fingerprint density at radius 3 is 2.46 bits per heavy atom. The predicted molar refractivity (Wildman–Crippen MR) is 92.1 cm³/mol. The first-order valence-electron chi connectivity index (χ1n) is 7.89. The first-order valence-corrected chi connectivity index (χ1v) is 7.89. The lowest BCUT2D eigenvalue weighted by Crippen LogP contribution is -2.50. The van der Waals surface area contributed by atoms with E-state index in [1.54, 1.807) is 17.0 Å². The molecule has 0 bridgehead atoms. The van der Waals surface area contributed by atoms with Crippen LogP contribution >= 0.6 is 0 Å². The minimum absolute atomic E-state index is 0.0104. The van der Waals surface area contributed by atoms with Crippen LogP contribution in [-0.2, 0) is 16.0 Å². The van der Waals surface area contributed by atoms with Gasteiger partial charge in [-0.2, -0.15) is 0 Å². The fourth-order valence-corrected chi connectivity index (χ4v) is 2.84. The number of rotatable bonds is 5. The topological polar surface area (TPSA) is 154 Å². The van der Waals surface area contributed by atoms with Crippen molar-refractivity contribution in [1.29, 1.82) is 0 Å². The molecule has 24 heavy (non-hydrogen) atoms. The molecule has 8 N–H and O–H groups in total. The van der Waals surface area contributed by atoms with Gasteiger partial charge in [0.1, 0.15) is 0 Å². The molecule has 2 atom stereocenters. The lowest BCUT2D eigenvalue weighted by atomic mass is 9.96. The van der Waals surface area contributed by atoms with E-state index < -0.39 is 6.04 Å². The van der Waals surface area contributed by atoms with Crippen molar-refractivity contribution in [2.75, 3.05) is 13.1 Å². The van der Waals surface area contributed by atoms with E-state index in [0.717, 1.165) is 18.4 Å². The van der Waals surface area contributed by atoms with E-state index in [0.29, 0.717) is 25.2 Å². The summed E-state index contributed by atoms with van der Waals surface area (Å²) in [5, 5.41) is 0. The molecule has 0 aliphatic carbocycles. The number of carbonyl (C=O) groups is 2. The van der Waals surface area contributed by atoms with Gasteiger partial charge >= 0.3 is 0 Å². The summed E-state index contributed by atoms with van der Waals surface area (Å²) in [6.45, 7) is 0.963. The number of guanidine groups is 1. The fraction of sp³-hybridized carbons (Fsp3) is 0.438. The molecule has 8 heteroatoms. The van der Waals surface area contributed by atoms with Crippen molar-refractivity contribution in [3.63, 3.8) is 0 Å². The molecule has 130 valence electrons. The van der Waals surface area contributed by atoms with Crippen LogP contribution in [0.15, 0.2) is 29.3 Å². The van der Waals surface area contributed by atoms with Crippen molar-refractivity contribution < 1.29 is 9.59 Å². The molecule has 1 heterocycles. The molecule has 1 saturated heterocycles. The maximum atomic E-state index is 12.5. The molecular formula is C16H24N6O2. The van der Waals surface area contributed by atoms with Crippen molar-refractivity contribution in [1.82, 2.24) is 4.90 Å². The third-order valence-electron chi connectivity index (χ3n) is 4.10. The summed E-state index contributed by atoms with van der Waals surface area (Å²) in [5.74, 6) is -0.817. The second kappa shape index (κ2) is 7.78. The number of primary amides is 1. The van der Waals surface area contributed by atoms with Gasteiger partial charge in [0, 0.05) is 13.1 Å². The number of nitrogens with zero attached hydrogens (tertiary/aromatic N) is 2. The molecule has 2 amide bonds. The summed E-state index contributed by atoms with van der Waals surface area (Å²) in [7, 11) is 0. The number of likely N-dealkylation sites (tertiary alicyclic amines) is 1. The first-order chi connectivity index (χ1) is 11.4. The van der Waals surface area contributed by atoms with Crippen LogP contribution < -0.4 is 22.9 Å². The number of hydrogen-bond donors (Lipinski definition) is 4. The van der Waals surface area contributed by atoms with Gasteiger partial charge in [-0.15, -0.1) is 0 Å². The van der Waals surface area contributed by atoms with E-state index in [2.05, 4.69) is 4.99 Å².